The molecule has 2 rings (SSSR count). The predicted octanol–water partition coefficient (Wildman–Crippen LogP) is 1.56. The second kappa shape index (κ2) is 1.97. The molecule has 0 saturated heterocycles. The van der Waals surface area contributed by atoms with Gasteiger partial charge in [0.15, 0.2) is 0 Å². The van der Waals surface area contributed by atoms with Crippen molar-refractivity contribution in [2.24, 2.45) is 0 Å². The second-order valence-electron chi connectivity index (χ2n) is 2.26. The maximum Gasteiger partial charge on any atom is 0.135 e. The van der Waals surface area contributed by atoms with Crippen molar-refractivity contribution in [1.82, 2.24) is 0 Å². The number of halogens is 1. The summed E-state index contributed by atoms with van der Waals surface area (Å²) >= 11 is 0. The van der Waals surface area contributed by atoms with E-state index < -0.39 is 0 Å². The molecule has 1 heterocycles. The molecule has 0 saturated carbocycles. The summed E-state index contributed by atoms with van der Waals surface area (Å²) < 4.78 is 17.5. The topological polar surface area (TPSA) is 9.23 Å². The fourth-order valence-corrected chi connectivity index (χ4v) is 1.07. The molecule has 10 heavy (non-hydrogen) atoms. The van der Waals surface area contributed by atoms with Crippen LogP contribution in [0.15, 0.2) is 12.1 Å². The standard InChI is InChI=1S/C8H6FO/c9-7-2-1-6-3-4-10-8(6)5-7/h1-2H,3-4H2. The molecule has 0 aliphatic carbocycles. The molecule has 0 fully saturated rings. The van der Waals surface area contributed by atoms with E-state index in [1.54, 1.807) is 6.07 Å². The first-order valence-electron chi connectivity index (χ1n) is 3.20. The van der Waals surface area contributed by atoms with Crippen LogP contribution in [0.4, 0.5) is 4.39 Å². The van der Waals surface area contributed by atoms with Crippen molar-refractivity contribution >= 4 is 0 Å². The zero-order chi connectivity index (χ0) is 6.97. The van der Waals surface area contributed by atoms with E-state index in [4.69, 9.17) is 4.74 Å². The highest BCUT2D eigenvalue weighted by Crippen LogP contribution is 2.24. The van der Waals surface area contributed by atoms with E-state index in [1.807, 2.05) is 0 Å². The molecule has 0 aromatic heterocycles. The first-order chi connectivity index (χ1) is 4.86. The van der Waals surface area contributed by atoms with Crippen LogP contribution in [0.2, 0.25) is 0 Å². The van der Waals surface area contributed by atoms with Crippen LogP contribution in [-0.4, -0.2) is 6.61 Å². The molecule has 0 unspecified atom stereocenters. The zero-order valence-corrected chi connectivity index (χ0v) is 5.36. The highest BCUT2D eigenvalue weighted by molar-refractivity contribution is 5.35. The predicted molar refractivity (Wildman–Crippen MR) is 34.4 cm³/mol. The van der Waals surface area contributed by atoms with Gasteiger partial charge in [0.1, 0.15) is 11.6 Å². The van der Waals surface area contributed by atoms with E-state index in [2.05, 4.69) is 6.07 Å². The van der Waals surface area contributed by atoms with Crippen molar-refractivity contribution in [3.05, 3.63) is 29.6 Å². The van der Waals surface area contributed by atoms with Crippen molar-refractivity contribution < 1.29 is 9.13 Å². The summed E-state index contributed by atoms with van der Waals surface area (Å²) in [6.45, 7) is 0.662. The maximum atomic E-state index is 12.4. The molecule has 0 spiro atoms. The molecule has 0 N–H and O–H groups in total. The van der Waals surface area contributed by atoms with Gasteiger partial charge in [-0.15, -0.1) is 0 Å². The van der Waals surface area contributed by atoms with Crippen molar-refractivity contribution in [2.75, 3.05) is 6.61 Å². The Morgan fingerprint density at radius 1 is 1.50 bits per heavy atom. The lowest BCUT2D eigenvalue weighted by molar-refractivity contribution is 0.354. The quantitative estimate of drug-likeness (QED) is 0.527. The van der Waals surface area contributed by atoms with Gasteiger partial charge in [0.05, 0.1) is 12.7 Å². The summed E-state index contributed by atoms with van der Waals surface area (Å²) in [5.74, 6) is 0.237. The van der Waals surface area contributed by atoms with Crippen molar-refractivity contribution in [3.63, 3.8) is 0 Å². The first-order valence-corrected chi connectivity index (χ1v) is 3.20. The molecular weight excluding hydrogens is 131 g/mol. The lowest BCUT2D eigenvalue weighted by Crippen LogP contribution is -1.86. The highest BCUT2D eigenvalue weighted by atomic mass is 19.1. The summed E-state index contributed by atoms with van der Waals surface area (Å²) in [7, 11) is 0. The van der Waals surface area contributed by atoms with Gasteiger partial charge >= 0.3 is 0 Å². The monoisotopic (exact) mass is 137 g/mol. The third-order valence-corrected chi connectivity index (χ3v) is 1.57. The number of benzene rings is 1. The molecule has 1 aliphatic heterocycles. The molecule has 0 bridgehead atoms. The zero-order valence-electron chi connectivity index (χ0n) is 5.36. The van der Waals surface area contributed by atoms with Crippen LogP contribution in [0, 0.1) is 11.9 Å². The van der Waals surface area contributed by atoms with E-state index in [0.29, 0.717) is 12.4 Å². The van der Waals surface area contributed by atoms with Crippen LogP contribution in [0.5, 0.6) is 5.75 Å². The van der Waals surface area contributed by atoms with Gasteiger partial charge in [-0.2, -0.15) is 0 Å². The van der Waals surface area contributed by atoms with Crippen LogP contribution in [0.1, 0.15) is 5.56 Å². The van der Waals surface area contributed by atoms with E-state index in [-0.39, 0.29) is 5.82 Å². The Kier molecular flexibility index (Phi) is 1.13. The third-order valence-electron chi connectivity index (χ3n) is 1.57. The molecule has 1 nitrogen and oxygen atoms in total. The number of ether oxygens (including phenoxy) is 1. The molecule has 0 amide bonds. The Morgan fingerprint density at radius 3 is 3.30 bits per heavy atom. The van der Waals surface area contributed by atoms with Gasteiger partial charge in [0.2, 0.25) is 0 Å². The van der Waals surface area contributed by atoms with Crippen LogP contribution in [0.25, 0.3) is 0 Å². The normalized spacial score (nSPS) is 14.5. The highest BCUT2D eigenvalue weighted by Gasteiger charge is 2.11. The minimum atomic E-state index is -0.347. The Hall–Kier alpha value is -1.05. The van der Waals surface area contributed by atoms with Crippen LogP contribution < -0.4 is 4.74 Å². The molecule has 1 aliphatic rings. The van der Waals surface area contributed by atoms with Gasteiger partial charge in [-0.05, 0) is 11.6 Å². The van der Waals surface area contributed by atoms with Crippen molar-refractivity contribution in [1.29, 1.82) is 0 Å². The molecule has 0 atom stereocenters. The fourth-order valence-electron chi connectivity index (χ4n) is 1.07. The SMILES string of the molecule is Fc1[c]c2c(cc1)CCO2. The summed E-state index contributed by atoms with van der Waals surface area (Å²) in [6, 6.07) is 5.65. The number of fused-ring (bicyclic) bond motifs is 1. The average Bonchev–Trinajstić information content (AvgIpc) is 2.33. The van der Waals surface area contributed by atoms with Crippen molar-refractivity contribution in [3.8, 4) is 5.75 Å². The van der Waals surface area contributed by atoms with Gasteiger partial charge < -0.3 is 4.74 Å². The number of hydrogen-bond acceptors (Lipinski definition) is 1. The summed E-state index contributed by atoms with van der Waals surface area (Å²) in [5, 5.41) is 0. The Bertz CT molecular complexity index is 257. The van der Waals surface area contributed by atoms with Gasteiger partial charge in [-0.3, -0.25) is 0 Å². The molecule has 1 aromatic rings. The minimum absolute atomic E-state index is 0.347. The molecule has 51 valence electrons. The van der Waals surface area contributed by atoms with E-state index in [1.165, 1.54) is 6.07 Å². The molecule has 1 aromatic carbocycles. The molecule has 1 radical (unpaired) electrons. The maximum absolute atomic E-state index is 12.4. The summed E-state index contributed by atoms with van der Waals surface area (Å²) in [6.07, 6.45) is 0.881. The van der Waals surface area contributed by atoms with E-state index in [9.17, 15) is 4.39 Å². The van der Waals surface area contributed by atoms with Gasteiger partial charge in [0, 0.05) is 6.42 Å². The van der Waals surface area contributed by atoms with Crippen LogP contribution >= 0.6 is 0 Å². The average molecular weight is 137 g/mol. The minimum Gasteiger partial charge on any atom is -0.492 e. The van der Waals surface area contributed by atoms with Gasteiger partial charge in [0.25, 0.3) is 0 Å². The Balaban J connectivity index is 2.52. The van der Waals surface area contributed by atoms with Crippen LogP contribution in [-0.2, 0) is 6.42 Å². The number of hydrogen-bond donors (Lipinski definition) is 0. The van der Waals surface area contributed by atoms with E-state index >= 15 is 0 Å². The second-order valence-corrected chi connectivity index (χ2v) is 2.26. The van der Waals surface area contributed by atoms with Crippen molar-refractivity contribution in [2.45, 2.75) is 6.42 Å². The third kappa shape index (κ3) is 0.764. The summed E-state index contributed by atoms with van der Waals surface area (Å²) in [4.78, 5) is 0. The number of rotatable bonds is 0. The van der Waals surface area contributed by atoms with Gasteiger partial charge in [-0.25, -0.2) is 4.39 Å². The lowest BCUT2D eigenvalue weighted by atomic mass is 10.2. The Labute approximate surface area is 58.4 Å². The largest absolute Gasteiger partial charge is 0.492 e. The van der Waals surface area contributed by atoms with E-state index in [0.717, 1.165) is 12.0 Å². The lowest BCUT2D eigenvalue weighted by Gasteiger charge is -1.95. The smallest absolute Gasteiger partial charge is 0.135 e. The molecule has 2 heteroatoms. The Morgan fingerprint density at radius 2 is 2.40 bits per heavy atom. The fraction of sp³-hybridized carbons (Fsp3) is 0.250. The molecular formula is C8H6FO. The van der Waals surface area contributed by atoms with Crippen LogP contribution in [0.3, 0.4) is 0 Å². The first kappa shape index (κ1) is 5.71. The van der Waals surface area contributed by atoms with Gasteiger partial charge in [-0.1, -0.05) is 6.07 Å². The summed E-state index contributed by atoms with van der Waals surface area (Å²) in [5.41, 5.74) is 1.06.